The number of unbranched alkanes of at least 4 members (excludes halogenated alkanes) is 1. The summed E-state index contributed by atoms with van der Waals surface area (Å²) in [5.74, 6) is -0.798. The summed E-state index contributed by atoms with van der Waals surface area (Å²) in [7, 11) is -2.09. The minimum absolute atomic E-state index is 0.0728. The molecule has 9 heteroatoms. The maximum atomic E-state index is 12.7. The molecule has 1 aromatic carbocycles. The number of rotatable bonds is 8. The number of pyridine rings is 1. The predicted molar refractivity (Wildman–Crippen MR) is 104 cm³/mol. The number of hydrogen-bond donors (Lipinski definition) is 2. The third kappa shape index (κ3) is 4.95. The number of sulfonamides is 1. The van der Waals surface area contributed by atoms with Gasteiger partial charge in [-0.3, -0.25) is 4.72 Å². The quantitative estimate of drug-likeness (QED) is 0.649. The van der Waals surface area contributed by atoms with Crippen molar-refractivity contribution in [3.63, 3.8) is 0 Å². The summed E-state index contributed by atoms with van der Waals surface area (Å²) in [6, 6.07) is 7.44. The lowest BCUT2D eigenvalue weighted by atomic mass is 10.2. The molecular formula is C17H20BrN3O4S. The lowest BCUT2D eigenvalue weighted by molar-refractivity contribution is 0.0696. The fourth-order valence-electron chi connectivity index (χ4n) is 2.27. The number of carbonyl (C=O) groups is 1. The van der Waals surface area contributed by atoms with Gasteiger partial charge in [0.05, 0.1) is 16.1 Å². The summed E-state index contributed by atoms with van der Waals surface area (Å²) in [5, 5.41) is 9.19. The summed E-state index contributed by atoms with van der Waals surface area (Å²) in [5.41, 5.74) is 0.0394. The second kappa shape index (κ2) is 8.50. The van der Waals surface area contributed by atoms with Crippen molar-refractivity contribution in [2.75, 3.05) is 23.2 Å². The Morgan fingerprint density at radius 2 is 1.96 bits per heavy atom. The summed E-state index contributed by atoms with van der Waals surface area (Å²) >= 11 is 3.26. The Hall–Kier alpha value is -2.13. The van der Waals surface area contributed by atoms with Crippen molar-refractivity contribution in [3.8, 4) is 0 Å². The second-order valence-electron chi connectivity index (χ2n) is 5.73. The van der Waals surface area contributed by atoms with Crippen LogP contribution in [-0.2, 0) is 10.0 Å². The number of aromatic carboxylic acids is 1. The highest BCUT2D eigenvalue weighted by Crippen LogP contribution is 2.27. The number of carboxylic acid groups (broad SMARTS) is 1. The van der Waals surface area contributed by atoms with E-state index in [1.165, 1.54) is 24.4 Å². The van der Waals surface area contributed by atoms with Gasteiger partial charge >= 0.3 is 5.97 Å². The van der Waals surface area contributed by atoms with Crippen LogP contribution in [0.4, 0.5) is 11.5 Å². The highest BCUT2D eigenvalue weighted by Gasteiger charge is 2.20. The van der Waals surface area contributed by atoms with E-state index in [-0.39, 0.29) is 16.1 Å². The first-order valence-corrected chi connectivity index (χ1v) is 10.2. The van der Waals surface area contributed by atoms with Gasteiger partial charge in [0, 0.05) is 24.3 Å². The number of anilines is 2. The number of benzene rings is 1. The molecule has 0 fully saturated rings. The van der Waals surface area contributed by atoms with Crippen molar-refractivity contribution < 1.29 is 18.3 Å². The molecule has 2 rings (SSSR count). The molecular weight excluding hydrogens is 422 g/mol. The maximum absolute atomic E-state index is 12.7. The van der Waals surface area contributed by atoms with Crippen LogP contribution in [-0.4, -0.2) is 38.1 Å². The smallest absolute Gasteiger partial charge is 0.337 e. The van der Waals surface area contributed by atoms with E-state index in [0.717, 1.165) is 17.3 Å². The lowest BCUT2D eigenvalue weighted by Gasteiger charge is -2.22. The number of hydrogen-bond acceptors (Lipinski definition) is 5. The van der Waals surface area contributed by atoms with Crippen molar-refractivity contribution in [3.05, 3.63) is 46.6 Å². The lowest BCUT2D eigenvalue weighted by Crippen LogP contribution is -2.23. The van der Waals surface area contributed by atoms with Crippen molar-refractivity contribution >= 4 is 43.4 Å². The average Bonchev–Trinajstić information content (AvgIpc) is 2.59. The molecule has 0 radical (unpaired) electrons. The minimum atomic E-state index is -3.88. The highest BCUT2D eigenvalue weighted by atomic mass is 79.9. The van der Waals surface area contributed by atoms with E-state index in [4.69, 9.17) is 0 Å². The number of aromatic nitrogens is 1. The summed E-state index contributed by atoms with van der Waals surface area (Å²) in [6.07, 6.45) is 3.09. The van der Waals surface area contributed by atoms with Gasteiger partial charge < -0.3 is 10.0 Å². The molecule has 0 saturated carbocycles. The number of nitrogens with one attached hydrogen (secondary N) is 1. The Bertz CT molecular complexity index is 885. The molecule has 0 aliphatic heterocycles. The second-order valence-corrected chi connectivity index (χ2v) is 8.33. The molecule has 7 nitrogen and oxygen atoms in total. The van der Waals surface area contributed by atoms with E-state index >= 15 is 0 Å². The largest absolute Gasteiger partial charge is 0.478 e. The first-order valence-electron chi connectivity index (χ1n) is 7.97. The summed E-state index contributed by atoms with van der Waals surface area (Å²) < 4.78 is 28.5. The van der Waals surface area contributed by atoms with Crippen LogP contribution < -0.4 is 9.62 Å². The van der Waals surface area contributed by atoms with Crippen molar-refractivity contribution in [1.82, 2.24) is 4.98 Å². The van der Waals surface area contributed by atoms with Crippen LogP contribution in [0.15, 0.2) is 45.9 Å². The molecule has 0 atom stereocenters. The Kier molecular flexibility index (Phi) is 6.60. The van der Waals surface area contributed by atoms with Gasteiger partial charge in [-0.2, -0.15) is 0 Å². The summed E-state index contributed by atoms with van der Waals surface area (Å²) in [4.78, 5) is 17.3. The fraction of sp³-hybridized carbons (Fsp3) is 0.294. The summed E-state index contributed by atoms with van der Waals surface area (Å²) in [6.45, 7) is 2.72. The van der Waals surface area contributed by atoms with Gasteiger partial charge in [-0.15, -0.1) is 0 Å². The molecule has 0 unspecified atom stereocenters. The van der Waals surface area contributed by atoms with Gasteiger partial charge in [-0.25, -0.2) is 18.2 Å². The molecule has 0 spiro atoms. The Labute approximate surface area is 161 Å². The van der Waals surface area contributed by atoms with Crippen LogP contribution in [0.2, 0.25) is 0 Å². The van der Waals surface area contributed by atoms with E-state index in [0.29, 0.717) is 12.4 Å². The predicted octanol–water partition coefficient (Wildman–Crippen LogP) is 3.58. The van der Waals surface area contributed by atoms with Crippen LogP contribution >= 0.6 is 15.9 Å². The van der Waals surface area contributed by atoms with Gasteiger partial charge in [0.15, 0.2) is 5.82 Å². The minimum Gasteiger partial charge on any atom is -0.478 e. The molecule has 140 valence electrons. The van der Waals surface area contributed by atoms with E-state index in [1.54, 1.807) is 24.1 Å². The molecule has 1 heterocycles. The van der Waals surface area contributed by atoms with Gasteiger partial charge in [0.25, 0.3) is 10.0 Å². The molecule has 0 bridgehead atoms. The number of carboxylic acids is 1. The molecule has 2 aromatic rings. The highest BCUT2D eigenvalue weighted by molar-refractivity contribution is 9.10. The molecule has 0 aliphatic rings. The SMILES string of the molecule is CCCCN(C)c1ncc(C(=O)O)cc1NS(=O)(=O)c1ccc(Br)cc1. The Balaban J connectivity index is 2.42. The van der Waals surface area contributed by atoms with Crippen LogP contribution in [0.1, 0.15) is 30.1 Å². The maximum Gasteiger partial charge on any atom is 0.337 e. The van der Waals surface area contributed by atoms with Crippen LogP contribution in [0.25, 0.3) is 0 Å². The zero-order valence-electron chi connectivity index (χ0n) is 14.4. The van der Waals surface area contributed by atoms with Crippen molar-refractivity contribution in [1.29, 1.82) is 0 Å². The van der Waals surface area contributed by atoms with Crippen LogP contribution in [0.5, 0.6) is 0 Å². The standard InChI is InChI=1S/C17H20BrN3O4S/c1-3-4-9-21(2)16-15(10-12(11-19-16)17(22)23)20-26(24,25)14-7-5-13(18)6-8-14/h5-8,10-11,20H,3-4,9H2,1-2H3,(H,22,23). The molecule has 1 aromatic heterocycles. The number of halogens is 1. The zero-order chi connectivity index (χ0) is 19.3. The molecule has 2 N–H and O–H groups in total. The monoisotopic (exact) mass is 441 g/mol. The Morgan fingerprint density at radius 1 is 1.31 bits per heavy atom. The first-order chi connectivity index (χ1) is 12.2. The van der Waals surface area contributed by atoms with Crippen molar-refractivity contribution in [2.45, 2.75) is 24.7 Å². The van der Waals surface area contributed by atoms with E-state index in [1.807, 2.05) is 6.92 Å². The number of nitrogens with zero attached hydrogens (tertiary/aromatic N) is 2. The normalized spacial score (nSPS) is 11.2. The molecule has 0 saturated heterocycles. The van der Waals surface area contributed by atoms with Gasteiger partial charge in [0.1, 0.15) is 0 Å². The topological polar surface area (TPSA) is 99.6 Å². The van der Waals surface area contributed by atoms with Gasteiger partial charge in [-0.05, 0) is 36.8 Å². The van der Waals surface area contributed by atoms with E-state index in [9.17, 15) is 18.3 Å². The van der Waals surface area contributed by atoms with Gasteiger partial charge in [0.2, 0.25) is 0 Å². The van der Waals surface area contributed by atoms with Crippen molar-refractivity contribution in [2.24, 2.45) is 0 Å². The molecule has 0 amide bonds. The fourth-order valence-corrected chi connectivity index (χ4v) is 3.59. The Morgan fingerprint density at radius 3 is 2.54 bits per heavy atom. The van der Waals surface area contributed by atoms with Gasteiger partial charge in [-0.1, -0.05) is 29.3 Å². The van der Waals surface area contributed by atoms with E-state index < -0.39 is 16.0 Å². The third-order valence-electron chi connectivity index (χ3n) is 3.69. The zero-order valence-corrected chi connectivity index (χ0v) is 16.8. The van der Waals surface area contributed by atoms with Crippen LogP contribution in [0, 0.1) is 0 Å². The third-order valence-corrected chi connectivity index (χ3v) is 5.60. The molecule has 26 heavy (non-hydrogen) atoms. The molecule has 0 aliphatic carbocycles. The van der Waals surface area contributed by atoms with Crippen LogP contribution in [0.3, 0.4) is 0 Å². The first kappa shape index (κ1) is 20.2. The van der Waals surface area contributed by atoms with E-state index in [2.05, 4.69) is 25.6 Å². The average molecular weight is 442 g/mol.